The number of ether oxygens (including phenoxy) is 1. The van der Waals surface area contributed by atoms with E-state index in [4.69, 9.17) is 21.4 Å². The minimum Gasteiger partial charge on any atom is -0.472 e. The summed E-state index contributed by atoms with van der Waals surface area (Å²) in [6.45, 7) is 5.37. The second kappa shape index (κ2) is 7.87. The molecule has 0 aromatic carbocycles. The molecule has 0 bridgehead atoms. The van der Waals surface area contributed by atoms with Gasteiger partial charge in [0.1, 0.15) is 18.1 Å². The van der Waals surface area contributed by atoms with Crippen molar-refractivity contribution in [1.82, 2.24) is 9.88 Å². The zero-order valence-corrected chi connectivity index (χ0v) is 12.3. The Labute approximate surface area is 123 Å². The van der Waals surface area contributed by atoms with Gasteiger partial charge in [-0.2, -0.15) is 0 Å². The Hall–Kier alpha value is -1.59. The van der Waals surface area contributed by atoms with Crippen molar-refractivity contribution in [3.63, 3.8) is 0 Å². The molecular weight excluding hydrogens is 283 g/mol. The van der Waals surface area contributed by atoms with Crippen LogP contribution < -0.4 is 0 Å². The Morgan fingerprint density at radius 2 is 2.40 bits per heavy atom. The number of nitrogens with zero attached hydrogens (tertiary/aromatic N) is 2. The molecule has 0 aliphatic rings. The average molecular weight is 301 g/mol. The van der Waals surface area contributed by atoms with E-state index in [-0.39, 0.29) is 30.0 Å². The lowest BCUT2D eigenvalue weighted by Gasteiger charge is -2.27. The number of halogens is 2. The van der Waals surface area contributed by atoms with Crippen molar-refractivity contribution in [2.45, 2.75) is 19.6 Å². The monoisotopic (exact) mass is 300 g/mol. The van der Waals surface area contributed by atoms with Gasteiger partial charge < -0.3 is 14.7 Å². The summed E-state index contributed by atoms with van der Waals surface area (Å²) in [6.07, 6.45) is 4.56. The van der Waals surface area contributed by atoms with Crippen molar-refractivity contribution in [1.29, 1.82) is 0 Å². The molecule has 6 heteroatoms. The van der Waals surface area contributed by atoms with Gasteiger partial charge in [0.25, 0.3) is 0 Å². The fourth-order valence-electron chi connectivity index (χ4n) is 1.40. The summed E-state index contributed by atoms with van der Waals surface area (Å²) < 4.78 is 19.1. The highest BCUT2D eigenvalue weighted by molar-refractivity contribution is 6.30. The van der Waals surface area contributed by atoms with E-state index in [1.807, 2.05) is 6.92 Å². The van der Waals surface area contributed by atoms with Crippen molar-refractivity contribution < 1.29 is 14.2 Å². The first-order valence-corrected chi connectivity index (χ1v) is 6.46. The molecule has 1 rings (SSSR count). The van der Waals surface area contributed by atoms with Crippen LogP contribution in [0.15, 0.2) is 36.9 Å². The number of allylic oxidation sites excluding steroid dienone is 2. The van der Waals surface area contributed by atoms with Gasteiger partial charge in [-0.05, 0) is 19.1 Å². The topological polar surface area (TPSA) is 45.6 Å². The summed E-state index contributed by atoms with van der Waals surface area (Å²) in [5.41, 5.74) is 0.161. The van der Waals surface area contributed by atoms with Crippen molar-refractivity contribution in [2.75, 3.05) is 13.7 Å². The maximum atomic E-state index is 13.6. The minimum absolute atomic E-state index is 0.0259. The van der Waals surface area contributed by atoms with E-state index in [9.17, 15) is 4.39 Å². The summed E-state index contributed by atoms with van der Waals surface area (Å²) in [5.74, 6) is -0.0500. The van der Waals surface area contributed by atoms with Crippen molar-refractivity contribution in [3.05, 3.63) is 53.4 Å². The number of likely N-dealkylation sites (N-methyl/N-ethyl adjacent to an activating group) is 1. The van der Waals surface area contributed by atoms with Gasteiger partial charge in [-0.15, -0.1) is 0 Å². The highest BCUT2D eigenvalue weighted by Crippen LogP contribution is 2.15. The highest BCUT2D eigenvalue weighted by Gasteiger charge is 2.14. The fourth-order valence-corrected chi connectivity index (χ4v) is 1.54. The molecule has 1 atom stereocenters. The Bertz CT molecular complexity index is 494. The van der Waals surface area contributed by atoms with E-state index >= 15 is 0 Å². The highest BCUT2D eigenvalue weighted by atomic mass is 35.5. The molecule has 0 fully saturated rings. The molecule has 1 unspecified atom stereocenters. The third kappa shape index (κ3) is 4.51. The van der Waals surface area contributed by atoms with Crippen LogP contribution in [0.3, 0.4) is 0 Å². The fraction of sp³-hybridized carbons (Fsp3) is 0.357. The Kier molecular flexibility index (Phi) is 6.48. The zero-order chi connectivity index (χ0) is 15.1. The lowest BCUT2D eigenvalue weighted by atomic mass is 10.3. The van der Waals surface area contributed by atoms with Gasteiger partial charge in [-0.25, -0.2) is 4.39 Å². The molecule has 1 aromatic heterocycles. The Morgan fingerprint density at radius 1 is 1.70 bits per heavy atom. The molecule has 0 saturated carbocycles. The first-order valence-electron chi connectivity index (χ1n) is 6.08. The van der Waals surface area contributed by atoms with Crippen LogP contribution in [0.5, 0.6) is 0 Å². The minimum atomic E-state index is -0.520. The van der Waals surface area contributed by atoms with Gasteiger partial charge in [-0.1, -0.05) is 24.3 Å². The van der Waals surface area contributed by atoms with Crippen LogP contribution >= 0.6 is 11.6 Å². The molecule has 0 radical (unpaired) electrons. The maximum Gasteiger partial charge on any atom is 0.189 e. The molecule has 4 nitrogen and oxygen atoms in total. The van der Waals surface area contributed by atoms with E-state index in [0.717, 1.165) is 0 Å². The maximum absolute atomic E-state index is 13.6. The van der Waals surface area contributed by atoms with Crippen LogP contribution in [-0.4, -0.2) is 34.7 Å². The molecule has 0 spiro atoms. The second-order valence-electron chi connectivity index (χ2n) is 4.25. The van der Waals surface area contributed by atoms with Crippen LogP contribution in [0.2, 0.25) is 5.02 Å². The normalized spacial score (nSPS) is 12.9. The Balaban J connectivity index is 2.77. The predicted octanol–water partition coefficient (Wildman–Crippen LogP) is 2.73. The van der Waals surface area contributed by atoms with Crippen LogP contribution in [0.4, 0.5) is 4.39 Å². The van der Waals surface area contributed by atoms with E-state index in [1.165, 1.54) is 12.3 Å². The van der Waals surface area contributed by atoms with Gasteiger partial charge in [0, 0.05) is 13.2 Å². The molecular formula is C14H18ClFN2O2. The smallest absolute Gasteiger partial charge is 0.189 e. The second-order valence-corrected chi connectivity index (χ2v) is 4.69. The first kappa shape index (κ1) is 16.5. The van der Waals surface area contributed by atoms with Gasteiger partial charge in [0.05, 0.1) is 17.7 Å². The number of aliphatic hydroxyl groups excluding tert-OH is 1. The summed E-state index contributed by atoms with van der Waals surface area (Å²) in [7, 11) is 1.77. The summed E-state index contributed by atoms with van der Waals surface area (Å²) >= 11 is 5.64. The molecule has 20 heavy (non-hydrogen) atoms. The summed E-state index contributed by atoms with van der Waals surface area (Å²) in [4.78, 5) is 5.61. The van der Waals surface area contributed by atoms with E-state index in [0.29, 0.717) is 5.88 Å². The van der Waals surface area contributed by atoms with Crippen LogP contribution in [-0.2, 0) is 11.3 Å². The van der Waals surface area contributed by atoms with Crippen molar-refractivity contribution in [3.8, 4) is 0 Å². The lowest BCUT2D eigenvalue weighted by molar-refractivity contribution is 0.0739. The number of hydrogen-bond acceptors (Lipinski definition) is 4. The third-order valence-corrected chi connectivity index (χ3v) is 2.98. The summed E-state index contributed by atoms with van der Waals surface area (Å²) in [5, 5.41) is 9.38. The molecule has 0 saturated heterocycles. The molecule has 1 heterocycles. The van der Waals surface area contributed by atoms with Gasteiger partial charge in [0.2, 0.25) is 0 Å². The SMILES string of the molecule is C=C/C=C(/OCc1ncc(Cl)cc1F)N(C)C(C)CO. The largest absolute Gasteiger partial charge is 0.472 e. The van der Waals surface area contributed by atoms with Gasteiger partial charge >= 0.3 is 0 Å². The molecule has 0 amide bonds. The molecule has 1 aromatic rings. The molecule has 110 valence electrons. The average Bonchev–Trinajstić information content (AvgIpc) is 2.43. The molecule has 0 aliphatic heterocycles. The van der Waals surface area contributed by atoms with E-state index in [2.05, 4.69) is 11.6 Å². The number of aliphatic hydroxyl groups is 1. The zero-order valence-electron chi connectivity index (χ0n) is 11.5. The number of pyridine rings is 1. The number of hydrogen-bond donors (Lipinski definition) is 1. The van der Waals surface area contributed by atoms with Gasteiger partial charge in [-0.3, -0.25) is 4.98 Å². The van der Waals surface area contributed by atoms with Crippen LogP contribution in [0.1, 0.15) is 12.6 Å². The van der Waals surface area contributed by atoms with Gasteiger partial charge in [0.15, 0.2) is 5.88 Å². The Morgan fingerprint density at radius 3 is 2.95 bits per heavy atom. The lowest BCUT2D eigenvalue weighted by Crippen LogP contribution is -2.32. The first-order chi connectivity index (χ1) is 9.49. The van der Waals surface area contributed by atoms with Crippen molar-refractivity contribution in [2.24, 2.45) is 0 Å². The summed E-state index contributed by atoms with van der Waals surface area (Å²) in [6, 6.07) is 1.05. The third-order valence-electron chi connectivity index (χ3n) is 2.77. The molecule has 1 N–H and O–H groups in total. The predicted molar refractivity (Wildman–Crippen MR) is 76.6 cm³/mol. The standard InChI is InChI=1S/C14H18ClFN2O2/c1-4-5-14(18(3)10(2)8-19)20-9-13-12(16)6-11(15)7-17-13/h4-7,10,19H,1,8-9H2,2-3H3/b14-5+. The van der Waals surface area contributed by atoms with E-state index in [1.54, 1.807) is 24.1 Å². The quantitative estimate of drug-likeness (QED) is 0.621. The van der Waals surface area contributed by atoms with E-state index < -0.39 is 5.82 Å². The van der Waals surface area contributed by atoms with Crippen LogP contribution in [0, 0.1) is 5.82 Å². The van der Waals surface area contributed by atoms with Crippen LogP contribution in [0.25, 0.3) is 0 Å². The number of rotatable bonds is 7. The number of aromatic nitrogens is 1. The molecule has 0 aliphatic carbocycles. The van der Waals surface area contributed by atoms with Crippen molar-refractivity contribution >= 4 is 11.6 Å².